The van der Waals surface area contributed by atoms with Gasteiger partial charge >= 0.3 is 0 Å². The number of hydrogen-bond donors (Lipinski definition) is 1. The largest absolute Gasteiger partial charge is 0.153 e. The summed E-state index contributed by atoms with van der Waals surface area (Å²) in [6, 6.07) is 9.79. The third kappa shape index (κ3) is 2.34. The Hall–Kier alpha value is 0. The smallest absolute Gasteiger partial charge is 0.00399 e. The maximum absolute atomic E-state index is 4.08. The Kier molecular flexibility index (Phi) is 3.94. The molecule has 0 heterocycles. The lowest BCUT2D eigenvalue weighted by atomic mass is 10.4. The average molecular weight is 144 g/mol. The van der Waals surface area contributed by atoms with Gasteiger partial charge in [-0.25, -0.2) is 0 Å². The monoisotopic (exact) mass is 144 g/mol. The van der Waals surface area contributed by atoms with E-state index in [1.54, 1.807) is 0 Å². The average Bonchev–Trinajstić information content (AvgIpc) is 1.69. The first-order valence-electron chi connectivity index (χ1n) is 2.13. The predicted octanol–water partition coefficient (Wildman–Crippen LogP) is 2.03. The zero-order chi connectivity index (χ0) is 5.11. The summed E-state index contributed by atoms with van der Waals surface area (Å²) < 4.78 is 0. The van der Waals surface area contributed by atoms with Crippen LogP contribution < -0.4 is 0 Å². The van der Waals surface area contributed by atoms with Gasteiger partial charge < -0.3 is 0 Å². The molecule has 0 aliphatic heterocycles. The lowest BCUT2D eigenvalue weighted by Gasteiger charge is -1.81. The summed E-state index contributed by atoms with van der Waals surface area (Å²) in [6.07, 6.45) is 0. The minimum absolute atomic E-state index is 0. The Morgan fingerprint density at radius 1 is 1.00 bits per heavy atom. The molecule has 0 aliphatic rings. The second-order valence-corrected chi connectivity index (χ2v) is 1.85. The summed E-state index contributed by atoms with van der Waals surface area (Å²) in [5.41, 5.74) is 0. The molecule has 8 heavy (non-hydrogen) atoms. The normalized spacial score (nSPS) is 7.62. The molecular weight excluding hydrogens is 135 g/mol. The van der Waals surface area contributed by atoms with E-state index in [1.807, 2.05) is 30.3 Å². The van der Waals surface area contributed by atoms with Gasteiger partial charge in [-0.15, -0.1) is 12.6 Å². The standard InChI is InChI=1S/C6H6S.H3P/c7-6-4-2-1-3-5-6;/h1-5,7H;1H3. The van der Waals surface area contributed by atoms with Gasteiger partial charge in [0.15, 0.2) is 0 Å². The summed E-state index contributed by atoms with van der Waals surface area (Å²) in [5, 5.41) is 0. The Morgan fingerprint density at radius 3 is 1.75 bits per heavy atom. The van der Waals surface area contributed by atoms with Gasteiger partial charge in [0.2, 0.25) is 0 Å². The zero-order valence-corrected chi connectivity index (χ0v) is 6.85. The fourth-order valence-corrected chi connectivity index (χ4v) is 0.600. The highest BCUT2D eigenvalue weighted by atomic mass is 32.1. The van der Waals surface area contributed by atoms with Gasteiger partial charge in [-0.2, -0.15) is 9.90 Å². The second-order valence-electron chi connectivity index (χ2n) is 1.34. The van der Waals surface area contributed by atoms with Crippen LogP contribution in [0.2, 0.25) is 0 Å². The van der Waals surface area contributed by atoms with E-state index in [1.165, 1.54) is 0 Å². The molecule has 0 amide bonds. The van der Waals surface area contributed by atoms with Crippen molar-refractivity contribution in [3.8, 4) is 0 Å². The van der Waals surface area contributed by atoms with Crippen molar-refractivity contribution in [3.05, 3.63) is 30.3 Å². The molecular formula is C6H9PS. The lowest BCUT2D eigenvalue weighted by Crippen LogP contribution is -1.56. The molecule has 0 spiro atoms. The zero-order valence-electron chi connectivity index (χ0n) is 4.54. The first-order valence-corrected chi connectivity index (χ1v) is 2.58. The van der Waals surface area contributed by atoms with Crippen LogP contribution in [-0.2, 0) is 0 Å². The highest BCUT2D eigenvalue weighted by molar-refractivity contribution is 7.80. The molecule has 1 atom stereocenters. The van der Waals surface area contributed by atoms with E-state index in [4.69, 9.17) is 0 Å². The molecule has 44 valence electrons. The van der Waals surface area contributed by atoms with Crippen LogP contribution in [0.3, 0.4) is 0 Å². The molecule has 0 saturated heterocycles. The molecule has 0 fully saturated rings. The Balaban J connectivity index is 0.000000490. The van der Waals surface area contributed by atoms with Gasteiger partial charge in [0, 0.05) is 4.90 Å². The number of thiol groups is 1. The Morgan fingerprint density at radius 2 is 1.50 bits per heavy atom. The molecule has 0 saturated carbocycles. The van der Waals surface area contributed by atoms with Crippen LogP contribution in [-0.4, -0.2) is 0 Å². The summed E-state index contributed by atoms with van der Waals surface area (Å²) >= 11 is 4.08. The fraction of sp³-hybridized carbons (Fsp3) is 0. The van der Waals surface area contributed by atoms with Gasteiger partial charge in [-0.1, -0.05) is 18.2 Å². The van der Waals surface area contributed by atoms with Gasteiger partial charge in [-0.05, 0) is 12.1 Å². The minimum atomic E-state index is 0. The van der Waals surface area contributed by atoms with E-state index in [0.29, 0.717) is 0 Å². The van der Waals surface area contributed by atoms with Gasteiger partial charge in [0.25, 0.3) is 0 Å². The van der Waals surface area contributed by atoms with Crippen LogP contribution in [0.4, 0.5) is 0 Å². The van der Waals surface area contributed by atoms with Crippen LogP contribution in [0.25, 0.3) is 0 Å². The first-order chi connectivity index (χ1) is 3.39. The first kappa shape index (κ1) is 8.00. The van der Waals surface area contributed by atoms with E-state index < -0.39 is 0 Å². The maximum atomic E-state index is 4.08. The van der Waals surface area contributed by atoms with Crippen LogP contribution >= 0.6 is 22.5 Å². The van der Waals surface area contributed by atoms with Crippen molar-refractivity contribution < 1.29 is 0 Å². The van der Waals surface area contributed by atoms with E-state index in [9.17, 15) is 0 Å². The van der Waals surface area contributed by atoms with Crippen molar-refractivity contribution in [3.63, 3.8) is 0 Å². The van der Waals surface area contributed by atoms with E-state index in [2.05, 4.69) is 12.6 Å². The van der Waals surface area contributed by atoms with Gasteiger partial charge in [-0.3, -0.25) is 0 Å². The molecule has 0 bridgehead atoms. The second kappa shape index (κ2) is 3.94. The molecule has 1 unspecified atom stereocenters. The summed E-state index contributed by atoms with van der Waals surface area (Å²) in [7, 11) is 0. The Labute approximate surface area is 58.3 Å². The Bertz CT molecular complexity index is 138. The van der Waals surface area contributed by atoms with Crippen LogP contribution in [0.15, 0.2) is 35.2 Å². The molecule has 1 aromatic carbocycles. The molecule has 0 N–H and O–H groups in total. The van der Waals surface area contributed by atoms with Gasteiger partial charge in [0.05, 0.1) is 0 Å². The number of rotatable bonds is 0. The van der Waals surface area contributed by atoms with Crippen molar-refractivity contribution in [2.75, 3.05) is 0 Å². The van der Waals surface area contributed by atoms with Crippen molar-refractivity contribution in [1.29, 1.82) is 0 Å². The highest BCUT2D eigenvalue weighted by Crippen LogP contribution is 2.00. The number of hydrogen-bond acceptors (Lipinski definition) is 1. The number of benzene rings is 1. The quantitative estimate of drug-likeness (QED) is 0.418. The highest BCUT2D eigenvalue weighted by Gasteiger charge is 1.73. The molecule has 1 aromatic rings. The molecule has 0 nitrogen and oxygen atoms in total. The molecule has 2 heteroatoms. The van der Waals surface area contributed by atoms with E-state index in [-0.39, 0.29) is 9.90 Å². The van der Waals surface area contributed by atoms with Gasteiger partial charge in [0.1, 0.15) is 0 Å². The van der Waals surface area contributed by atoms with Crippen LogP contribution in [0.5, 0.6) is 0 Å². The van der Waals surface area contributed by atoms with E-state index >= 15 is 0 Å². The predicted molar refractivity (Wildman–Crippen MR) is 44.8 cm³/mol. The molecule has 1 rings (SSSR count). The third-order valence-corrected chi connectivity index (χ3v) is 1.05. The lowest BCUT2D eigenvalue weighted by molar-refractivity contribution is 1.48. The summed E-state index contributed by atoms with van der Waals surface area (Å²) in [5.74, 6) is 0. The molecule has 0 aliphatic carbocycles. The van der Waals surface area contributed by atoms with Crippen LogP contribution in [0.1, 0.15) is 0 Å². The minimum Gasteiger partial charge on any atom is -0.153 e. The SMILES string of the molecule is P.Sc1ccccc1. The van der Waals surface area contributed by atoms with Crippen molar-refractivity contribution in [2.45, 2.75) is 4.90 Å². The van der Waals surface area contributed by atoms with Crippen molar-refractivity contribution >= 4 is 22.5 Å². The van der Waals surface area contributed by atoms with E-state index in [0.717, 1.165) is 4.90 Å². The molecule has 0 radical (unpaired) electrons. The topological polar surface area (TPSA) is 0 Å². The maximum Gasteiger partial charge on any atom is 0.00399 e. The molecule has 0 aromatic heterocycles. The summed E-state index contributed by atoms with van der Waals surface area (Å²) in [4.78, 5) is 1.02. The summed E-state index contributed by atoms with van der Waals surface area (Å²) in [6.45, 7) is 0. The fourth-order valence-electron chi connectivity index (χ4n) is 0.428. The van der Waals surface area contributed by atoms with Crippen molar-refractivity contribution in [1.82, 2.24) is 0 Å². The van der Waals surface area contributed by atoms with Crippen molar-refractivity contribution in [2.24, 2.45) is 0 Å². The third-order valence-electron chi connectivity index (χ3n) is 0.756. The van der Waals surface area contributed by atoms with Crippen LogP contribution in [0, 0.1) is 0 Å².